The molecule has 0 atom stereocenters. The molecule has 106 valence electrons. The Kier molecular flexibility index (Phi) is 3.19. The average Bonchev–Trinajstić information content (AvgIpc) is 2.89. The topological polar surface area (TPSA) is 108 Å². The summed E-state index contributed by atoms with van der Waals surface area (Å²) in [5, 5.41) is 8.00. The Labute approximate surface area is 118 Å². The Bertz CT molecular complexity index is 862. The Morgan fingerprint density at radius 2 is 1.86 bits per heavy atom. The molecular weight excluding hydrogens is 272 g/mol. The minimum atomic E-state index is -0.282. The highest BCUT2D eigenvalue weighted by atomic mass is 16.5. The van der Waals surface area contributed by atoms with Crippen LogP contribution in [0.15, 0.2) is 39.3 Å². The maximum Gasteiger partial charge on any atom is 0.277 e. The molecule has 0 fully saturated rings. The van der Waals surface area contributed by atoms with E-state index in [1.807, 2.05) is 0 Å². The van der Waals surface area contributed by atoms with Crippen LogP contribution in [0.2, 0.25) is 0 Å². The number of hydrogen-bond donors (Lipinski definition) is 2. The van der Waals surface area contributed by atoms with Crippen molar-refractivity contribution in [3.8, 4) is 5.75 Å². The Morgan fingerprint density at radius 1 is 1.10 bits per heavy atom. The van der Waals surface area contributed by atoms with Crippen LogP contribution in [-0.4, -0.2) is 27.0 Å². The zero-order valence-electron chi connectivity index (χ0n) is 11.4. The highest BCUT2D eigenvalue weighted by molar-refractivity contribution is 5.71. The summed E-state index contributed by atoms with van der Waals surface area (Å²) in [7, 11) is 1.59. The molecule has 0 saturated carbocycles. The van der Waals surface area contributed by atoms with Crippen molar-refractivity contribution in [1.82, 2.24) is 19.9 Å². The average molecular weight is 284 g/mol. The van der Waals surface area contributed by atoms with E-state index >= 15 is 0 Å². The van der Waals surface area contributed by atoms with Crippen molar-refractivity contribution in [2.24, 2.45) is 10.2 Å². The van der Waals surface area contributed by atoms with E-state index < -0.39 is 0 Å². The van der Waals surface area contributed by atoms with Crippen molar-refractivity contribution in [3.05, 3.63) is 40.4 Å². The van der Waals surface area contributed by atoms with Gasteiger partial charge in [0.2, 0.25) is 5.95 Å². The first-order chi connectivity index (χ1) is 10.2. The van der Waals surface area contributed by atoms with Crippen LogP contribution < -0.4 is 10.3 Å². The third kappa shape index (κ3) is 2.64. The fourth-order valence-electron chi connectivity index (χ4n) is 1.81. The third-order valence-electron chi connectivity index (χ3n) is 2.80. The number of H-pyrrole nitrogens is 2. The van der Waals surface area contributed by atoms with Crippen molar-refractivity contribution < 1.29 is 4.74 Å². The molecule has 0 spiro atoms. The number of imidazole rings is 1. The summed E-state index contributed by atoms with van der Waals surface area (Å²) >= 11 is 0. The number of nitrogens with zero attached hydrogens (tertiary/aromatic N) is 4. The second-order valence-electron chi connectivity index (χ2n) is 4.31. The van der Waals surface area contributed by atoms with E-state index in [9.17, 15) is 4.79 Å². The number of aromatic amines is 2. The minimum Gasteiger partial charge on any atom is -0.497 e. The van der Waals surface area contributed by atoms with Crippen molar-refractivity contribution in [2.45, 2.75) is 6.92 Å². The van der Waals surface area contributed by atoms with Crippen LogP contribution in [0, 0.1) is 6.92 Å². The smallest absolute Gasteiger partial charge is 0.277 e. The first-order valence-corrected chi connectivity index (χ1v) is 6.18. The van der Waals surface area contributed by atoms with E-state index in [1.54, 1.807) is 38.3 Å². The van der Waals surface area contributed by atoms with Gasteiger partial charge >= 0.3 is 0 Å². The predicted molar refractivity (Wildman–Crippen MR) is 76.4 cm³/mol. The number of nitrogens with one attached hydrogen (secondary N) is 2. The summed E-state index contributed by atoms with van der Waals surface area (Å²) in [5.41, 5.74) is 0.967. The quantitative estimate of drug-likeness (QED) is 0.719. The molecular formula is C13H12N6O2. The monoisotopic (exact) mass is 284 g/mol. The van der Waals surface area contributed by atoms with Gasteiger partial charge in [-0.2, -0.15) is 4.98 Å². The van der Waals surface area contributed by atoms with Crippen molar-refractivity contribution in [3.63, 3.8) is 0 Å². The number of fused-ring (bicyclic) bond motifs is 1. The number of rotatable bonds is 3. The molecule has 2 aromatic heterocycles. The minimum absolute atomic E-state index is 0.226. The van der Waals surface area contributed by atoms with Crippen molar-refractivity contribution in [2.75, 3.05) is 7.11 Å². The second-order valence-corrected chi connectivity index (χ2v) is 4.31. The lowest BCUT2D eigenvalue weighted by Crippen LogP contribution is -2.09. The molecule has 21 heavy (non-hydrogen) atoms. The molecule has 0 saturated heterocycles. The molecule has 0 amide bonds. The lowest BCUT2D eigenvalue weighted by molar-refractivity contribution is 0.415. The fraction of sp³-hybridized carbons (Fsp3) is 0.154. The summed E-state index contributed by atoms with van der Waals surface area (Å²) in [6, 6.07) is 7.09. The number of aromatic nitrogens is 4. The van der Waals surface area contributed by atoms with E-state index in [0.29, 0.717) is 17.2 Å². The van der Waals surface area contributed by atoms with Gasteiger partial charge in [0.1, 0.15) is 11.6 Å². The molecule has 8 nitrogen and oxygen atoms in total. The van der Waals surface area contributed by atoms with Crippen LogP contribution in [0.1, 0.15) is 5.82 Å². The van der Waals surface area contributed by atoms with Crippen molar-refractivity contribution >= 4 is 22.8 Å². The Hall–Kier alpha value is -3.03. The van der Waals surface area contributed by atoms with E-state index in [-0.39, 0.29) is 17.0 Å². The molecule has 1 aromatic carbocycles. The van der Waals surface area contributed by atoms with Gasteiger partial charge in [-0.1, -0.05) is 0 Å². The molecule has 3 rings (SSSR count). The summed E-state index contributed by atoms with van der Waals surface area (Å²) < 4.78 is 5.06. The second kappa shape index (κ2) is 5.16. The van der Waals surface area contributed by atoms with Gasteiger partial charge in [-0.25, -0.2) is 4.98 Å². The van der Waals surface area contributed by atoms with E-state index in [0.717, 1.165) is 5.75 Å². The number of hydrogen-bond acceptors (Lipinski definition) is 6. The molecule has 0 bridgehead atoms. The van der Waals surface area contributed by atoms with Gasteiger partial charge in [0.25, 0.3) is 5.56 Å². The molecule has 3 aromatic rings. The molecule has 0 radical (unpaired) electrons. The summed E-state index contributed by atoms with van der Waals surface area (Å²) in [6.07, 6.45) is 0. The summed E-state index contributed by atoms with van der Waals surface area (Å²) in [5.74, 6) is 1.46. The number of methoxy groups -OCH3 is 1. The largest absolute Gasteiger partial charge is 0.497 e. The van der Waals surface area contributed by atoms with Gasteiger partial charge in [-0.3, -0.25) is 4.79 Å². The molecule has 0 aliphatic heterocycles. The third-order valence-corrected chi connectivity index (χ3v) is 2.80. The molecule has 0 aliphatic rings. The summed E-state index contributed by atoms with van der Waals surface area (Å²) in [4.78, 5) is 25.3. The number of benzene rings is 1. The maximum atomic E-state index is 11.7. The van der Waals surface area contributed by atoms with Crippen LogP contribution in [0.3, 0.4) is 0 Å². The normalized spacial score (nSPS) is 11.3. The molecule has 2 N–H and O–H groups in total. The Balaban J connectivity index is 1.91. The summed E-state index contributed by atoms with van der Waals surface area (Å²) in [6.45, 7) is 1.69. The van der Waals surface area contributed by atoms with Gasteiger partial charge < -0.3 is 14.7 Å². The lowest BCUT2D eigenvalue weighted by Gasteiger charge is -1.97. The molecule has 0 aliphatic carbocycles. The zero-order valence-corrected chi connectivity index (χ0v) is 11.4. The van der Waals surface area contributed by atoms with Crippen LogP contribution >= 0.6 is 0 Å². The van der Waals surface area contributed by atoms with E-state index in [2.05, 4.69) is 30.2 Å². The maximum absolute atomic E-state index is 11.7. The number of azo groups is 1. The molecule has 2 heterocycles. The van der Waals surface area contributed by atoms with Gasteiger partial charge in [0.15, 0.2) is 11.2 Å². The van der Waals surface area contributed by atoms with Crippen LogP contribution in [-0.2, 0) is 0 Å². The predicted octanol–water partition coefficient (Wildman–Crippen LogP) is 2.38. The van der Waals surface area contributed by atoms with Gasteiger partial charge in [0.05, 0.1) is 12.8 Å². The van der Waals surface area contributed by atoms with Crippen LogP contribution in [0.25, 0.3) is 11.2 Å². The van der Waals surface area contributed by atoms with Gasteiger partial charge in [-0.05, 0) is 31.2 Å². The Morgan fingerprint density at radius 3 is 2.57 bits per heavy atom. The number of aryl methyl sites for hydroxylation is 1. The SMILES string of the molecule is COc1ccc(N=Nc2nc3nc(C)[nH]c(=O)c3[nH]2)cc1. The highest BCUT2D eigenvalue weighted by Crippen LogP contribution is 2.20. The van der Waals surface area contributed by atoms with Crippen LogP contribution in [0.4, 0.5) is 11.6 Å². The molecule has 8 heteroatoms. The van der Waals surface area contributed by atoms with Gasteiger partial charge in [0, 0.05) is 0 Å². The highest BCUT2D eigenvalue weighted by Gasteiger charge is 2.07. The first kappa shape index (κ1) is 13.0. The van der Waals surface area contributed by atoms with Gasteiger partial charge in [-0.15, -0.1) is 10.2 Å². The van der Waals surface area contributed by atoms with Crippen LogP contribution in [0.5, 0.6) is 5.75 Å². The standard InChI is InChI=1S/C13H12N6O2/c1-7-14-11-10(12(20)15-7)16-13(17-11)19-18-8-3-5-9(21-2)6-4-8/h3-6H,1-2H3,(H2,14,15,16,17,20). The fourth-order valence-corrected chi connectivity index (χ4v) is 1.81. The van der Waals surface area contributed by atoms with E-state index in [4.69, 9.17) is 4.74 Å². The first-order valence-electron chi connectivity index (χ1n) is 6.18. The lowest BCUT2D eigenvalue weighted by atomic mass is 10.3. The van der Waals surface area contributed by atoms with Crippen molar-refractivity contribution in [1.29, 1.82) is 0 Å². The van der Waals surface area contributed by atoms with E-state index in [1.165, 1.54) is 0 Å². The number of ether oxygens (including phenoxy) is 1. The molecule has 0 unspecified atom stereocenters. The zero-order chi connectivity index (χ0) is 14.8.